The smallest absolute Gasteiger partial charge is 0.261 e. The minimum absolute atomic E-state index is 0.0226. The number of amides is 1. The van der Waals surface area contributed by atoms with Gasteiger partial charge in [-0.3, -0.25) is 14.5 Å². The topological polar surface area (TPSA) is 88.2 Å². The highest BCUT2D eigenvalue weighted by Crippen LogP contribution is 2.20. The van der Waals surface area contributed by atoms with Gasteiger partial charge in [0.15, 0.2) is 0 Å². The summed E-state index contributed by atoms with van der Waals surface area (Å²) in [4.78, 5) is 16.7. The van der Waals surface area contributed by atoms with Crippen LogP contribution in [0.5, 0.6) is 0 Å². The summed E-state index contributed by atoms with van der Waals surface area (Å²) in [6.45, 7) is 1.81. The molecule has 0 bridgehead atoms. The number of nitrogens with one attached hydrogen (secondary N) is 2. The van der Waals surface area contributed by atoms with Gasteiger partial charge < -0.3 is 5.32 Å². The first-order chi connectivity index (χ1) is 13.3. The molecule has 144 valence electrons. The van der Waals surface area contributed by atoms with E-state index >= 15 is 0 Å². The van der Waals surface area contributed by atoms with Crippen molar-refractivity contribution in [3.63, 3.8) is 0 Å². The molecule has 0 aliphatic carbocycles. The fraction of sp³-hybridized carbons (Fsp3) is 0.100. The molecule has 6 nitrogen and oxygen atoms in total. The predicted molar refractivity (Wildman–Crippen MR) is 109 cm³/mol. The average molecular weight is 416 g/mol. The van der Waals surface area contributed by atoms with Crippen LogP contribution in [0.25, 0.3) is 0 Å². The number of pyridine rings is 1. The maximum atomic E-state index is 12.6. The molecule has 8 heteroatoms. The molecule has 2 N–H and O–H groups in total. The van der Waals surface area contributed by atoms with Gasteiger partial charge in [0.2, 0.25) is 0 Å². The zero-order valence-corrected chi connectivity index (χ0v) is 16.5. The highest BCUT2D eigenvalue weighted by molar-refractivity contribution is 7.92. The van der Waals surface area contributed by atoms with Crippen LogP contribution in [0.3, 0.4) is 0 Å². The van der Waals surface area contributed by atoms with E-state index in [2.05, 4.69) is 15.0 Å². The molecule has 0 aliphatic rings. The van der Waals surface area contributed by atoms with Crippen molar-refractivity contribution in [3.05, 3.63) is 89.2 Å². The standard InChI is InChI=1S/C20H18ClN3O3S/c1-14(19-10-2-3-11-22-19)23-20(25)15-6-4-9-18(12-15)28(26,27)24-17-8-5-7-16(21)13-17/h2-14,24H,1H3,(H,23,25)/t14-/m1/s1. The van der Waals surface area contributed by atoms with Crippen molar-refractivity contribution in [2.24, 2.45) is 0 Å². The first-order valence-corrected chi connectivity index (χ1v) is 10.3. The minimum Gasteiger partial charge on any atom is -0.344 e. The molecule has 0 radical (unpaired) electrons. The van der Waals surface area contributed by atoms with Gasteiger partial charge in [-0.2, -0.15) is 0 Å². The Labute approximate surface area is 168 Å². The maximum absolute atomic E-state index is 12.6. The van der Waals surface area contributed by atoms with Crippen LogP contribution in [-0.2, 0) is 10.0 Å². The number of aromatic nitrogens is 1. The van der Waals surface area contributed by atoms with Crippen LogP contribution < -0.4 is 10.0 Å². The first kappa shape index (κ1) is 19.9. The van der Waals surface area contributed by atoms with Crippen molar-refractivity contribution in [2.75, 3.05) is 4.72 Å². The van der Waals surface area contributed by atoms with Crippen molar-refractivity contribution in [2.45, 2.75) is 17.9 Å². The summed E-state index contributed by atoms with van der Waals surface area (Å²) < 4.78 is 27.7. The van der Waals surface area contributed by atoms with Crippen LogP contribution in [0.15, 0.2) is 77.8 Å². The summed E-state index contributed by atoms with van der Waals surface area (Å²) in [5.41, 5.74) is 1.28. The quantitative estimate of drug-likeness (QED) is 0.636. The normalized spacial score (nSPS) is 12.2. The first-order valence-electron chi connectivity index (χ1n) is 8.45. The Hall–Kier alpha value is -2.90. The molecule has 1 aromatic heterocycles. The van der Waals surface area contributed by atoms with Crippen LogP contribution >= 0.6 is 11.6 Å². The van der Waals surface area contributed by atoms with E-state index in [1.54, 1.807) is 42.6 Å². The lowest BCUT2D eigenvalue weighted by Gasteiger charge is -2.14. The molecule has 0 saturated heterocycles. The molecule has 1 atom stereocenters. The molecule has 28 heavy (non-hydrogen) atoms. The molecule has 0 unspecified atom stereocenters. The Morgan fingerprint density at radius 3 is 2.54 bits per heavy atom. The second-order valence-corrected chi connectivity index (χ2v) is 8.21. The Morgan fingerprint density at radius 2 is 1.82 bits per heavy atom. The van der Waals surface area contributed by atoms with Gasteiger partial charge in [0.25, 0.3) is 15.9 Å². The van der Waals surface area contributed by atoms with Crippen LogP contribution in [-0.4, -0.2) is 19.3 Å². The Morgan fingerprint density at radius 1 is 1.04 bits per heavy atom. The lowest BCUT2D eigenvalue weighted by Crippen LogP contribution is -2.27. The van der Waals surface area contributed by atoms with Crippen molar-refractivity contribution in [3.8, 4) is 0 Å². The summed E-state index contributed by atoms with van der Waals surface area (Å²) in [7, 11) is -3.87. The van der Waals surface area contributed by atoms with Crippen molar-refractivity contribution >= 4 is 33.2 Å². The molecule has 1 heterocycles. The number of hydrogen-bond donors (Lipinski definition) is 2. The fourth-order valence-electron chi connectivity index (χ4n) is 2.56. The van der Waals surface area contributed by atoms with Gasteiger partial charge in [0.05, 0.1) is 22.3 Å². The number of nitrogens with zero attached hydrogens (tertiary/aromatic N) is 1. The summed E-state index contributed by atoms with van der Waals surface area (Å²) in [5, 5.41) is 3.23. The monoisotopic (exact) mass is 415 g/mol. The number of hydrogen-bond acceptors (Lipinski definition) is 4. The maximum Gasteiger partial charge on any atom is 0.261 e. The van der Waals surface area contributed by atoms with E-state index in [1.807, 2.05) is 13.0 Å². The molecular formula is C20H18ClN3O3S. The van der Waals surface area contributed by atoms with E-state index < -0.39 is 15.9 Å². The molecule has 3 rings (SSSR count). The van der Waals surface area contributed by atoms with Crippen molar-refractivity contribution in [1.82, 2.24) is 10.3 Å². The van der Waals surface area contributed by atoms with Crippen LogP contribution in [0, 0.1) is 0 Å². The van der Waals surface area contributed by atoms with E-state index in [1.165, 1.54) is 24.3 Å². The number of carbonyl (C=O) groups is 1. The molecule has 0 fully saturated rings. The summed E-state index contributed by atoms with van der Waals surface area (Å²) in [6.07, 6.45) is 1.65. The molecule has 0 spiro atoms. The van der Waals surface area contributed by atoms with Crippen LogP contribution in [0.1, 0.15) is 29.0 Å². The van der Waals surface area contributed by atoms with E-state index in [0.717, 1.165) is 0 Å². The highest BCUT2D eigenvalue weighted by atomic mass is 35.5. The van der Waals surface area contributed by atoms with Gasteiger partial charge in [-0.1, -0.05) is 29.8 Å². The third-order valence-corrected chi connectivity index (χ3v) is 5.58. The number of rotatable bonds is 6. The molecular weight excluding hydrogens is 398 g/mol. The predicted octanol–water partition coefficient (Wildman–Crippen LogP) is 4.03. The number of halogens is 1. The zero-order valence-electron chi connectivity index (χ0n) is 15.0. The van der Waals surface area contributed by atoms with Gasteiger partial charge in [0.1, 0.15) is 0 Å². The zero-order chi connectivity index (χ0) is 20.1. The Bertz CT molecular complexity index is 1090. The lowest BCUT2D eigenvalue weighted by atomic mass is 10.1. The minimum atomic E-state index is -3.87. The van der Waals surface area contributed by atoms with Crippen molar-refractivity contribution < 1.29 is 13.2 Å². The molecule has 3 aromatic rings. The molecule has 0 aliphatic heterocycles. The number of benzene rings is 2. The SMILES string of the molecule is C[C@@H](NC(=O)c1cccc(S(=O)(=O)Nc2cccc(Cl)c2)c1)c1ccccn1. The molecule has 0 saturated carbocycles. The van der Waals surface area contributed by atoms with Crippen LogP contribution in [0.4, 0.5) is 5.69 Å². The van der Waals surface area contributed by atoms with Gasteiger partial charge in [-0.15, -0.1) is 0 Å². The van der Waals surface area contributed by atoms with E-state index in [4.69, 9.17) is 11.6 Å². The highest BCUT2D eigenvalue weighted by Gasteiger charge is 2.18. The number of sulfonamides is 1. The van der Waals surface area contributed by atoms with Gasteiger partial charge in [0, 0.05) is 16.8 Å². The third kappa shape index (κ3) is 4.88. The van der Waals surface area contributed by atoms with Gasteiger partial charge >= 0.3 is 0 Å². The summed E-state index contributed by atoms with van der Waals surface area (Å²) in [5.74, 6) is -0.391. The fourth-order valence-corrected chi connectivity index (χ4v) is 3.84. The largest absolute Gasteiger partial charge is 0.344 e. The van der Waals surface area contributed by atoms with Crippen LogP contribution in [0.2, 0.25) is 5.02 Å². The number of anilines is 1. The lowest BCUT2D eigenvalue weighted by molar-refractivity contribution is 0.0939. The Balaban J connectivity index is 1.78. The van der Waals surface area contributed by atoms with Gasteiger partial charge in [-0.25, -0.2) is 8.42 Å². The molecule has 1 amide bonds. The van der Waals surface area contributed by atoms with E-state index in [-0.39, 0.29) is 16.5 Å². The van der Waals surface area contributed by atoms with Gasteiger partial charge in [-0.05, 0) is 55.5 Å². The number of carbonyl (C=O) groups excluding carboxylic acids is 1. The second kappa shape index (κ2) is 8.41. The summed E-state index contributed by atoms with van der Waals surface area (Å²) >= 11 is 5.89. The van der Waals surface area contributed by atoms with E-state index in [0.29, 0.717) is 16.4 Å². The molecule has 2 aromatic carbocycles. The average Bonchev–Trinajstić information content (AvgIpc) is 2.68. The second-order valence-electron chi connectivity index (χ2n) is 6.09. The Kier molecular flexibility index (Phi) is 5.96. The summed E-state index contributed by atoms with van der Waals surface area (Å²) in [6, 6.07) is 17.3. The third-order valence-electron chi connectivity index (χ3n) is 3.96. The van der Waals surface area contributed by atoms with E-state index in [9.17, 15) is 13.2 Å². The van der Waals surface area contributed by atoms with Crippen molar-refractivity contribution in [1.29, 1.82) is 0 Å².